The first-order chi connectivity index (χ1) is 29.9. The third-order valence-electron chi connectivity index (χ3n) is 12.4. The molecule has 2 N–H and O–H groups in total. The van der Waals surface area contributed by atoms with E-state index in [2.05, 4.69) is 30.9 Å². The summed E-state index contributed by atoms with van der Waals surface area (Å²) in [6.45, 7) is 8.78. The summed E-state index contributed by atoms with van der Waals surface area (Å²) in [7, 11) is 0. The van der Waals surface area contributed by atoms with Crippen molar-refractivity contribution in [3.05, 3.63) is 132 Å². The molecule has 1 aliphatic heterocycles. The molecule has 1 fully saturated rings. The van der Waals surface area contributed by atoms with Crippen LogP contribution in [-0.4, -0.2) is 71.8 Å². The summed E-state index contributed by atoms with van der Waals surface area (Å²) in [4.78, 5) is 22.2. The van der Waals surface area contributed by atoms with Gasteiger partial charge in [0.1, 0.15) is 36.6 Å². The first kappa shape index (κ1) is 43.8. The minimum Gasteiger partial charge on any atom is -0.489 e. The van der Waals surface area contributed by atoms with Gasteiger partial charge in [-0.25, -0.2) is 9.18 Å². The van der Waals surface area contributed by atoms with Crippen molar-refractivity contribution in [2.75, 3.05) is 33.0 Å². The van der Waals surface area contributed by atoms with Crippen LogP contribution in [0.3, 0.4) is 0 Å². The van der Waals surface area contributed by atoms with Crippen LogP contribution in [-0.2, 0) is 27.5 Å². The lowest BCUT2D eigenvalue weighted by Gasteiger charge is -2.59. The number of aliphatic hydroxyl groups is 2. The number of amides is 1. The molecular formula is C50H59FN2O8. The molecule has 0 aromatic heterocycles. The van der Waals surface area contributed by atoms with Gasteiger partial charge in [-0.2, -0.15) is 0 Å². The highest BCUT2D eigenvalue weighted by molar-refractivity contribution is 6.03. The Hall–Kier alpha value is -5.23. The first-order valence-corrected chi connectivity index (χ1v) is 21.8. The molecule has 0 radical (unpaired) electrons. The Bertz CT molecular complexity index is 2190. The van der Waals surface area contributed by atoms with Crippen molar-refractivity contribution in [1.29, 1.82) is 0 Å². The zero-order valence-electron chi connectivity index (χ0n) is 35.3. The molecule has 0 spiro atoms. The molecule has 61 heavy (non-hydrogen) atoms. The SMILES string of the molecule is C=CCO[C@@]12Oc3ccc(OCc4ccccc4F)cc3[C@H]3[C@H](CCCCO)[C@@H](CCCCO)C=C(C(=NOCC)C[C@@H]1N(Cc1cccc4ccccc14)C(=O)OCC)[C@H]32. The topological polar surface area (TPSA) is 119 Å². The maximum Gasteiger partial charge on any atom is 0.410 e. The number of carbonyl (C=O) groups excluding carboxylic acids is 1. The monoisotopic (exact) mass is 834 g/mol. The maximum absolute atomic E-state index is 14.8. The van der Waals surface area contributed by atoms with Gasteiger partial charge in [-0.15, -0.1) is 6.58 Å². The standard InChI is InChI=1S/C50H59FN2O8/c1-4-28-59-50-46(53(49(56)57-5-2)32-36-20-15-19-34-16-7-9-21-39(34)36)31-44(52-60-6-3)41-29-35(17-11-13-26-54)40(22-12-14-27-55)47(48(41)50)42-30-38(24-25-45(42)61-50)58-33-37-18-8-10-23-43(37)51/h4,7-10,15-16,18-21,23-25,29-30,35,40,46-48,54-55H,1,5-6,11-14,17,22,26-28,31-33H2,2-3H3/t35-,40+,46-,47+,48+,50+/m0/s1. The van der Waals surface area contributed by atoms with E-state index in [-0.39, 0.29) is 69.6 Å². The van der Waals surface area contributed by atoms with E-state index in [1.54, 1.807) is 36.1 Å². The zero-order valence-corrected chi connectivity index (χ0v) is 35.3. The number of aliphatic hydroxyl groups excluding tert-OH is 2. The largest absolute Gasteiger partial charge is 0.489 e. The second-order valence-corrected chi connectivity index (χ2v) is 16.0. The number of hydrogen-bond donors (Lipinski definition) is 2. The predicted molar refractivity (Wildman–Crippen MR) is 234 cm³/mol. The predicted octanol–water partition coefficient (Wildman–Crippen LogP) is 9.87. The van der Waals surface area contributed by atoms with E-state index in [0.29, 0.717) is 42.2 Å². The molecule has 10 nitrogen and oxygen atoms in total. The average Bonchev–Trinajstić information content (AvgIpc) is 3.28. The fourth-order valence-electron chi connectivity index (χ4n) is 9.78. The number of halogens is 1. The fraction of sp³-hybridized carbons (Fsp3) is 0.440. The summed E-state index contributed by atoms with van der Waals surface area (Å²) in [5.41, 5.74) is 3.93. The van der Waals surface area contributed by atoms with Crippen molar-refractivity contribution in [2.24, 2.45) is 22.9 Å². The van der Waals surface area contributed by atoms with Gasteiger partial charge in [-0.1, -0.05) is 90.8 Å². The summed E-state index contributed by atoms with van der Waals surface area (Å²) in [6, 6.07) is 25.8. The summed E-state index contributed by atoms with van der Waals surface area (Å²) in [5.74, 6) is -1.31. The molecule has 11 heteroatoms. The van der Waals surface area contributed by atoms with Crippen molar-refractivity contribution in [2.45, 2.75) is 89.7 Å². The number of ether oxygens (including phenoxy) is 4. The van der Waals surface area contributed by atoms with E-state index in [1.165, 1.54) is 6.07 Å². The molecule has 6 atom stereocenters. The van der Waals surface area contributed by atoms with Crippen molar-refractivity contribution >= 4 is 22.6 Å². The Labute approximate surface area is 358 Å². The highest BCUT2D eigenvalue weighted by Gasteiger charge is 2.65. The molecule has 7 rings (SSSR count). The summed E-state index contributed by atoms with van der Waals surface area (Å²) < 4.78 is 41.4. The van der Waals surface area contributed by atoms with Crippen molar-refractivity contribution < 1.29 is 43.2 Å². The molecule has 4 aromatic rings. The van der Waals surface area contributed by atoms with E-state index in [9.17, 15) is 19.4 Å². The Kier molecular flexibility index (Phi) is 14.8. The molecular weight excluding hydrogens is 776 g/mol. The van der Waals surface area contributed by atoms with Gasteiger partial charge in [0.2, 0.25) is 5.79 Å². The van der Waals surface area contributed by atoms with E-state index < -0.39 is 23.8 Å². The van der Waals surface area contributed by atoms with Gasteiger partial charge >= 0.3 is 6.09 Å². The highest BCUT2D eigenvalue weighted by Crippen LogP contribution is 2.62. The Morgan fingerprint density at radius 3 is 2.48 bits per heavy atom. The van der Waals surface area contributed by atoms with Crippen LogP contribution < -0.4 is 9.47 Å². The van der Waals surface area contributed by atoms with Gasteiger partial charge in [0.15, 0.2) is 0 Å². The molecule has 1 saturated carbocycles. The van der Waals surface area contributed by atoms with E-state index in [0.717, 1.165) is 53.2 Å². The van der Waals surface area contributed by atoms with Gasteiger partial charge in [0.05, 0.1) is 31.4 Å². The van der Waals surface area contributed by atoms with Crippen LogP contribution in [0.1, 0.15) is 81.4 Å². The van der Waals surface area contributed by atoms with Crippen LogP contribution >= 0.6 is 0 Å². The van der Waals surface area contributed by atoms with Crippen LogP contribution in [0.5, 0.6) is 11.5 Å². The number of allylic oxidation sites excluding steroid dienone is 1. The second kappa shape index (κ2) is 20.6. The van der Waals surface area contributed by atoms with Gasteiger partial charge < -0.3 is 34.0 Å². The molecule has 0 bridgehead atoms. The van der Waals surface area contributed by atoms with E-state index in [4.69, 9.17) is 28.9 Å². The lowest BCUT2D eigenvalue weighted by Crippen LogP contribution is -2.70. The van der Waals surface area contributed by atoms with Crippen LogP contribution in [0.2, 0.25) is 0 Å². The van der Waals surface area contributed by atoms with Crippen LogP contribution in [0.25, 0.3) is 10.8 Å². The summed E-state index contributed by atoms with van der Waals surface area (Å²) >= 11 is 0. The number of unbranched alkanes of at least 4 members (excludes halogenated alkanes) is 2. The van der Waals surface area contributed by atoms with E-state index >= 15 is 0 Å². The summed E-state index contributed by atoms with van der Waals surface area (Å²) in [6.07, 6.45) is 8.26. The van der Waals surface area contributed by atoms with Crippen molar-refractivity contribution in [3.63, 3.8) is 0 Å². The normalized spacial score (nSPS) is 23.3. The molecule has 3 aliphatic rings. The lowest BCUT2D eigenvalue weighted by atomic mass is 9.55. The van der Waals surface area contributed by atoms with Crippen molar-refractivity contribution in [3.8, 4) is 11.5 Å². The zero-order chi connectivity index (χ0) is 42.8. The van der Waals surface area contributed by atoms with Crippen LogP contribution in [0.4, 0.5) is 9.18 Å². The number of hydrogen-bond acceptors (Lipinski definition) is 9. The Morgan fingerprint density at radius 1 is 0.951 bits per heavy atom. The summed E-state index contributed by atoms with van der Waals surface area (Å²) in [5, 5.41) is 26.7. The second-order valence-electron chi connectivity index (χ2n) is 16.0. The number of rotatable bonds is 20. The Balaban J connectivity index is 1.44. The minimum absolute atomic E-state index is 0.0244. The van der Waals surface area contributed by atoms with E-state index in [1.807, 2.05) is 49.4 Å². The van der Waals surface area contributed by atoms with Crippen LogP contribution in [0.15, 0.2) is 114 Å². The first-order valence-electron chi connectivity index (χ1n) is 21.8. The fourth-order valence-corrected chi connectivity index (χ4v) is 9.78. The number of fused-ring (bicyclic) bond motifs is 3. The average molecular weight is 835 g/mol. The van der Waals surface area contributed by atoms with Gasteiger partial charge in [-0.05, 0) is 97.5 Å². The molecule has 0 saturated heterocycles. The van der Waals surface area contributed by atoms with Gasteiger partial charge in [0.25, 0.3) is 0 Å². The third-order valence-corrected chi connectivity index (χ3v) is 12.4. The quantitative estimate of drug-likeness (QED) is 0.0514. The van der Waals surface area contributed by atoms with Crippen LogP contribution in [0, 0.1) is 23.6 Å². The van der Waals surface area contributed by atoms with Crippen molar-refractivity contribution in [1.82, 2.24) is 4.90 Å². The minimum atomic E-state index is -1.46. The molecule has 1 heterocycles. The molecule has 324 valence electrons. The maximum atomic E-state index is 14.8. The smallest absolute Gasteiger partial charge is 0.410 e. The van der Waals surface area contributed by atoms with Gasteiger partial charge in [0, 0.05) is 36.7 Å². The highest BCUT2D eigenvalue weighted by atomic mass is 19.1. The number of oxime groups is 1. The number of benzene rings is 4. The molecule has 2 aliphatic carbocycles. The lowest BCUT2D eigenvalue weighted by molar-refractivity contribution is -0.256. The number of carbonyl (C=O) groups is 1. The number of nitrogens with zero attached hydrogens (tertiary/aromatic N) is 2. The molecule has 4 aromatic carbocycles. The third kappa shape index (κ3) is 9.34. The Morgan fingerprint density at radius 2 is 1.70 bits per heavy atom. The molecule has 0 unspecified atom stereocenters. The molecule has 1 amide bonds. The van der Waals surface area contributed by atoms with Gasteiger partial charge in [-0.3, -0.25) is 4.90 Å².